The normalized spacial score (nSPS) is 20.2. The fourth-order valence-corrected chi connectivity index (χ4v) is 3.32. The highest BCUT2D eigenvalue weighted by atomic mass is 79.9. The van der Waals surface area contributed by atoms with Gasteiger partial charge in [0, 0.05) is 10.1 Å². The Balaban J connectivity index is 2.68. The first-order valence-corrected chi connectivity index (χ1v) is 8.66. The summed E-state index contributed by atoms with van der Waals surface area (Å²) in [4.78, 5) is 13.5. The molecule has 3 nitrogen and oxygen atoms in total. The van der Waals surface area contributed by atoms with Crippen molar-refractivity contribution in [2.45, 2.75) is 20.3 Å². The van der Waals surface area contributed by atoms with Crippen LogP contribution < -0.4 is 9.47 Å². The lowest BCUT2D eigenvalue weighted by atomic mass is 9.72. The average Bonchev–Trinajstić information content (AvgIpc) is 2.62. The third kappa shape index (κ3) is 3.57. The Bertz CT molecular complexity index is 798. The molecule has 2 rings (SSSR count). The molecule has 130 valence electrons. The van der Waals surface area contributed by atoms with E-state index in [0.29, 0.717) is 33.5 Å². The minimum absolute atomic E-state index is 0.188. The molecule has 1 aromatic carbocycles. The number of allylic oxidation sites excluding steroid dienone is 6. The van der Waals surface area contributed by atoms with Crippen LogP contribution in [-0.2, 0) is 0 Å². The van der Waals surface area contributed by atoms with Gasteiger partial charge >= 0.3 is 0 Å². The largest absolute Gasteiger partial charge is 0.496 e. The summed E-state index contributed by atoms with van der Waals surface area (Å²) in [6, 6.07) is 5.27. The standard InChI is InChI=1S/C21H21BrO3/c1-6-21(3)13-8-7-10-15(21)18(14(2)22)20(23)19-16(24-4)11-9-12-17(19)25-5/h1,7-12H,13H2,2-5H3/b18-14-. The monoisotopic (exact) mass is 400 g/mol. The van der Waals surface area contributed by atoms with Crippen molar-refractivity contribution in [1.29, 1.82) is 0 Å². The molecular weight excluding hydrogens is 380 g/mol. The van der Waals surface area contributed by atoms with Crippen LogP contribution >= 0.6 is 15.9 Å². The van der Waals surface area contributed by atoms with Gasteiger partial charge in [0.1, 0.15) is 17.1 Å². The summed E-state index contributed by atoms with van der Waals surface area (Å²) in [6.45, 7) is 3.80. The van der Waals surface area contributed by atoms with E-state index in [1.54, 1.807) is 18.2 Å². The molecule has 1 aliphatic carbocycles. The second-order valence-electron chi connectivity index (χ2n) is 5.96. The van der Waals surface area contributed by atoms with E-state index in [1.165, 1.54) is 14.2 Å². The third-order valence-corrected chi connectivity index (χ3v) is 4.73. The van der Waals surface area contributed by atoms with Crippen LogP contribution in [-0.4, -0.2) is 20.0 Å². The van der Waals surface area contributed by atoms with E-state index in [4.69, 9.17) is 15.9 Å². The molecule has 0 bridgehead atoms. The van der Waals surface area contributed by atoms with Gasteiger partial charge in [-0.25, -0.2) is 0 Å². The van der Waals surface area contributed by atoms with Gasteiger partial charge in [0.05, 0.1) is 19.6 Å². The van der Waals surface area contributed by atoms with Gasteiger partial charge in [0.25, 0.3) is 0 Å². The first kappa shape index (κ1) is 19.1. The predicted octanol–water partition coefficient (Wildman–Crippen LogP) is 5.08. The smallest absolute Gasteiger partial charge is 0.201 e. The number of ketones is 1. The minimum Gasteiger partial charge on any atom is -0.496 e. The first-order chi connectivity index (χ1) is 11.9. The van der Waals surface area contributed by atoms with E-state index in [-0.39, 0.29) is 5.78 Å². The zero-order chi connectivity index (χ0) is 18.6. The van der Waals surface area contributed by atoms with Gasteiger partial charge in [-0.1, -0.05) is 46.1 Å². The predicted molar refractivity (Wildman–Crippen MR) is 104 cm³/mol. The topological polar surface area (TPSA) is 35.5 Å². The molecule has 0 radical (unpaired) electrons. The molecule has 25 heavy (non-hydrogen) atoms. The van der Waals surface area contributed by atoms with Crippen LogP contribution in [0, 0.1) is 17.8 Å². The zero-order valence-corrected chi connectivity index (χ0v) is 16.4. The van der Waals surface area contributed by atoms with Crippen molar-refractivity contribution in [1.82, 2.24) is 0 Å². The van der Waals surface area contributed by atoms with Crippen LogP contribution in [0.4, 0.5) is 0 Å². The number of hydrogen-bond donors (Lipinski definition) is 0. The minimum atomic E-state index is -0.552. The number of ether oxygens (including phenoxy) is 2. The molecule has 0 saturated heterocycles. The molecule has 0 aromatic heterocycles. The number of benzene rings is 1. The highest BCUT2D eigenvalue weighted by Crippen LogP contribution is 2.43. The van der Waals surface area contributed by atoms with Crippen molar-refractivity contribution < 1.29 is 14.3 Å². The molecule has 1 aliphatic rings. The molecule has 0 spiro atoms. The average molecular weight is 401 g/mol. The first-order valence-electron chi connectivity index (χ1n) is 7.87. The van der Waals surface area contributed by atoms with Crippen LogP contribution in [0.2, 0.25) is 0 Å². The molecule has 1 unspecified atom stereocenters. The highest BCUT2D eigenvalue weighted by molar-refractivity contribution is 9.11. The lowest BCUT2D eigenvalue weighted by Crippen LogP contribution is -2.24. The third-order valence-electron chi connectivity index (χ3n) is 4.33. The lowest BCUT2D eigenvalue weighted by Gasteiger charge is -2.30. The van der Waals surface area contributed by atoms with Crippen molar-refractivity contribution >= 4 is 21.7 Å². The summed E-state index contributed by atoms with van der Waals surface area (Å²) < 4.78 is 11.5. The van der Waals surface area contributed by atoms with E-state index in [1.807, 2.05) is 32.1 Å². The number of terminal acetylenes is 1. The van der Waals surface area contributed by atoms with Gasteiger partial charge in [0.2, 0.25) is 5.78 Å². The Morgan fingerprint density at radius 2 is 1.88 bits per heavy atom. The molecule has 0 amide bonds. The molecule has 0 aliphatic heterocycles. The van der Waals surface area contributed by atoms with E-state index in [2.05, 4.69) is 21.9 Å². The highest BCUT2D eigenvalue weighted by Gasteiger charge is 2.35. The second kappa shape index (κ2) is 7.76. The van der Waals surface area contributed by atoms with Crippen LogP contribution in [0.25, 0.3) is 0 Å². The van der Waals surface area contributed by atoms with E-state index in [0.717, 1.165) is 5.57 Å². The van der Waals surface area contributed by atoms with Crippen LogP contribution in [0.1, 0.15) is 30.6 Å². The maximum absolute atomic E-state index is 13.5. The summed E-state index contributed by atoms with van der Waals surface area (Å²) in [5.74, 6) is 3.58. The summed E-state index contributed by atoms with van der Waals surface area (Å²) in [5.41, 5.74) is 1.18. The summed E-state index contributed by atoms with van der Waals surface area (Å²) in [5, 5.41) is 0. The Morgan fingerprint density at radius 3 is 2.36 bits per heavy atom. The number of methoxy groups -OCH3 is 2. The van der Waals surface area contributed by atoms with Gasteiger partial charge in [-0.2, -0.15) is 0 Å². The van der Waals surface area contributed by atoms with Crippen molar-refractivity contribution in [2.24, 2.45) is 5.41 Å². The molecular formula is C21H21BrO3. The van der Waals surface area contributed by atoms with Gasteiger partial charge in [-0.05, 0) is 38.0 Å². The summed E-state index contributed by atoms with van der Waals surface area (Å²) in [7, 11) is 3.06. The Morgan fingerprint density at radius 1 is 1.28 bits per heavy atom. The number of carbonyl (C=O) groups excluding carboxylic acids is 1. The van der Waals surface area contributed by atoms with Crippen molar-refractivity contribution in [2.75, 3.05) is 14.2 Å². The SMILES string of the molecule is C#CC1(C)CC=CC=C1/C(C(=O)c1c(OC)cccc1OC)=C(\C)Br. The van der Waals surface area contributed by atoms with Crippen LogP contribution in [0.3, 0.4) is 0 Å². The van der Waals surface area contributed by atoms with E-state index >= 15 is 0 Å². The second-order valence-corrected chi connectivity index (χ2v) is 7.15. The Hall–Kier alpha value is -2.25. The fraction of sp³-hybridized carbons (Fsp3) is 0.286. The van der Waals surface area contributed by atoms with Crippen molar-refractivity contribution in [3.05, 3.63) is 57.6 Å². The van der Waals surface area contributed by atoms with Crippen LogP contribution in [0.15, 0.2) is 52.1 Å². The number of hydrogen-bond acceptors (Lipinski definition) is 3. The lowest BCUT2D eigenvalue weighted by molar-refractivity contribution is 0.102. The quantitative estimate of drug-likeness (QED) is 0.392. The van der Waals surface area contributed by atoms with Crippen molar-refractivity contribution in [3.8, 4) is 23.8 Å². The van der Waals surface area contributed by atoms with Gasteiger partial charge in [-0.15, -0.1) is 6.42 Å². The molecule has 0 saturated carbocycles. The molecule has 4 heteroatoms. The van der Waals surface area contributed by atoms with Gasteiger partial charge < -0.3 is 9.47 Å². The Labute approximate surface area is 157 Å². The number of Topliss-reactive ketones (excluding diaryl/α,β-unsaturated/α-hetero) is 1. The molecule has 0 heterocycles. The van der Waals surface area contributed by atoms with Gasteiger partial charge in [0.15, 0.2) is 0 Å². The van der Waals surface area contributed by atoms with Crippen LogP contribution in [0.5, 0.6) is 11.5 Å². The molecule has 1 aromatic rings. The molecule has 0 fully saturated rings. The number of rotatable bonds is 5. The fourth-order valence-electron chi connectivity index (χ4n) is 2.92. The molecule has 1 atom stereocenters. The Kier molecular flexibility index (Phi) is 5.92. The maximum Gasteiger partial charge on any atom is 0.201 e. The van der Waals surface area contributed by atoms with Gasteiger partial charge in [-0.3, -0.25) is 4.79 Å². The maximum atomic E-state index is 13.5. The number of carbonyl (C=O) groups is 1. The van der Waals surface area contributed by atoms with E-state index in [9.17, 15) is 4.79 Å². The number of halogens is 1. The molecule has 0 N–H and O–H groups in total. The summed E-state index contributed by atoms with van der Waals surface area (Å²) >= 11 is 3.49. The zero-order valence-electron chi connectivity index (χ0n) is 14.9. The van der Waals surface area contributed by atoms with Crippen molar-refractivity contribution in [3.63, 3.8) is 0 Å². The summed E-state index contributed by atoms with van der Waals surface area (Å²) in [6.07, 6.45) is 12.3. The van der Waals surface area contributed by atoms with E-state index < -0.39 is 5.41 Å².